The highest BCUT2D eigenvalue weighted by Crippen LogP contribution is 2.37. The third-order valence-corrected chi connectivity index (χ3v) is 2.67. The molecule has 0 bridgehead atoms. The van der Waals surface area contributed by atoms with Crippen LogP contribution in [0, 0.1) is 5.92 Å². The van der Waals surface area contributed by atoms with Gasteiger partial charge in [0.2, 0.25) is 0 Å². The smallest absolute Gasteiger partial charge is 0.0852 e. The van der Waals surface area contributed by atoms with Crippen LogP contribution in [-0.2, 0) is 11.2 Å². The molecular formula is C11H14O. The van der Waals surface area contributed by atoms with Gasteiger partial charge in [-0.25, -0.2) is 0 Å². The zero-order chi connectivity index (χ0) is 8.55. The predicted molar refractivity (Wildman–Crippen MR) is 49.1 cm³/mol. The van der Waals surface area contributed by atoms with Gasteiger partial charge in [-0.3, -0.25) is 0 Å². The van der Waals surface area contributed by atoms with Crippen LogP contribution in [0.25, 0.3) is 0 Å². The van der Waals surface area contributed by atoms with E-state index in [9.17, 15) is 0 Å². The van der Waals surface area contributed by atoms with Crippen LogP contribution in [0.5, 0.6) is 0 Å². The Morgan fingerprint density at radius 2 is 2.08 bits per heavy atom. The molecule has 1 nitrogen and oxygen atoms in total. The van der Waals surface area contributed by atoms with Crippen LogP contribution in [0.15, 0.2) is 24.3 Å². The van der Waals surface area contributed by atoms with Crippen LogP contribution in [0.3, 0.4) is 0 Å². The number of fused-ring (bicyclic) bond motifs is 1. The first-order valence-electron chi connectivity index (χ1n) is 4.43. The first kappa shape index (κ1) is 7.81. The van der Waals surface area contributed by atoms with Gasteiger partial charge in [-0.05, 0) is 23.5 Å². The summed E-state index contributed by atoms with van der Waals surface area (Å²) in [6.07, 6.45) is 1.48. The first-order chi connectivity index (χ1) is 5.83. The number of hydrogen-bond donors (Lipinski definition) is 0. The van der Waals surface area contributed by atoms with Gasteiger partial charge in [0, 0.05) is 7.11 Å². The van der Waals surface area contributed by atoms with Gasteiger partial charge in [0.05, 0.1) is 6.10 Å². The molecule has 0 spiro atoms. The highest BCUT2D eigenvalue weighted by atomic mass is 16.5. The molecule has 0 aromatic heterocycles. The SMILES string of the molecule is CO[C@@H]1c2ccccc2C[C@@H]1C. The van der Waals surface area contributed by atoms with Crippen molar-refractivity contribution in [3.8, 4) is 0 Å². The summed E-state index contributed by atoms with van der Waals surface area (Å²) in [5.74, 6) is 0.632. The number of methoxy groups -OCH3 is 1. The van der Waals surface area contributed by atoms with Gasteiger partial charge in [-0.2, -0.15) is 0 Å². The summed E-state index contributed by atoms with van der Waals surface area (Å²) in [6.45, 7) is 2.24. The molecule has 0 saturated carbocycles. The van der Waals surface area contributed by atoms with Crippen LogP contribution in [0.2, 0.25) is 0 Å². The Morgan fingerprint density at radius 3 is 2.83 bits per heavy atom. The molecule has 1 aliphatic carbocycles. The number of hydrogen-bond acceptors (Lipinski definition) is 1. The van der Waals surface area contributed by atoms with Crippen LogP contribution < -0.4 is 0 Å². The van der Waals surface area contributed by atoms with Crippen molar-refractivity contribution in [2.75, 3.05) is 7.11 Å². The van der Waals surface area contributed by atoms with Crippen LogP contribution in [0.1, 0.15) is 24.2 Å². The maximum Gasteiger partial charge on any atom is 0.0852 e. The molecular weight excluding hydrogens is 148 g/mol. The maximum absolute atomic E-state index is 5.45. The summed E-state index contributed by atoms with van der Waals surface area (Å²) in [4.78, 5) is 0. The fourth-order valence-corrected chi connectivity index (χ4v) is 2.12. The van der Waals surface area contributed by atoms with E-state index in [0.29, 0.717) is 12.0 Å². The van der Waals surface area contributed by atoms with E-state index in [1.165, 1.54) is 11.1 Å². The minimum atomic E-state index is 0.321. The molecule has 0 radical (unpaired) electrons. The molecule has 0 saturated heterocycles. The molecule has 1 aromatic rings. The average molecular weight is 162 g/mol. The lowest BCUT2D eigenvalue weighted by atomic mass is 10.1. The Bertz CT molecular complexity index is 280. The fraction of sp³-hybridized carbons (Fsp3) is 0.455. The van der Waals surface area contributed by atoms with E-state index < -0.39 is 0 Å². The van der Waals surface area contributed by atoms with Crippen molar-refractivity contribution in [1.82, 2.24) is 0 Å². The topological polar surface area (TPSA) is 9.23 Å². The van der Waals surface area contributed by atoms with Crippen molar-refractivity contribution >= 4 is 0 Å². The average Bonchev–Trinajstić information content (AvgIpc) is 2.40. The van der Waals surface area contributed by atoms with Gasteiger partial charge in [-0.15, -0.1) is 0 Å². The Hall–Kier alpha value is -0.820. The van der Waals surface area contributed by atoms with E-state index in [1.54, 1.807) is 7.11 Å². The van der Waals surface area contributed by atoms with Crippen LogP contribution in [0.4, 0.5) is 0 Å². The molecule has 1 aliphatic rings. The van der Waals surface area contributed by atoms with E-state index in [1.807, 2.05) is 0 Å². The van der Waals surface area contributed by atoms with Gasteiger partial charge in [0.1, 0.15) is 0 Å². The standard InChI is InChI=1S/C11H14O/c1-8-7-9-5-3-4-6-10(9)11(8)12-2/h3-6,8,11H,7H2,1-2H3/t8-,11-/m0/s1. The molecule has 0 fully saturated rings. The second kappa shape index (κ2) is 2.91. The van der Waals surface area contributed by atoms with E-state index in [-0.39, 0.29) is 0 Å². The van der Waals surface area contributed by atoms with Crippen molar-refractivity contribution in [2.45, 2.75) is 19.4 Å². The van der Waals surface area contributed by atoms with E-state index in [2.05, 4.69) is 31.2 Å². The van der Waals surface area contributed by atoms with Gasteiger partial charge in [0.25, 0.3) is 0 Å². The van der Waals surface area contributed by atoms with E-state index >= 15 is 0 Å². The molecule has 0 heterocycles. The molecule has 2 rings (SSSR count). The highest BCUT2D eigenvalue weighted by molar-refractivity contribution is 5.34. The summed E-state index contributed by atoms with van der Waals surface area (Å²) in [6, 6.07) is 8.56. The van der Waals surface area contributed by atoms with Gasteiger partial charge in [-0.1, -0.05) is 31.2 Å². The van der Waals surface area contributed by atoms with Crippen molar-refractivity contribution in [3.63, 3.8) is 0 Å². The van der Waals surface area contributed by atoms with Crippen molar-refractivity contribution in [1.29, 1.82) is 0 Å². The first-order valence-corrected chi connectivity index (χ1v) is 4.43. The van der Waals surface area contributed by atoms with Crippen molar-refractivity contribution in [2.24, 2.45) is 5.92 Å². The molecule has 12 heavy (non-hydrogen) atoms. The Balaban J connectivity index is 2.40. The molecule has 64 valence electrons. The number of benzene rings is 1. The molecule has 0 amide bonds. The largest absolute Gasteiger partial charge is 0.376 e. The zero-order valence-corrected chi connectivity index (χ0v) is 7.58. The lowest BCUT2D eigenvalue weighted by molar-refractivity contribution is 0.0695. The molecule has 2 atom stereocenters. The monoisotopic (exact) mass is 162 g/mol. The maximum atomic E-state index is 5.45. The quantitative estimate of drug-likeness (QED) is 0.616. The molecule has 1 aromatic carbocycles. The van der Waals surface area contributed by atoms with Gasteiger partial charge < -0.3 is 4.74 Å². The molecule has 0 N–H and O–H groups in total. The molecule has 1 heteroatoms. The van der Waals surface area contributed by atoms with E-state index in [0.717, 1.165) is 6.42 Å². The summed E-state index contributed by atoms with van der Waals surface area (Å²) < 4.78 is 5.45. The zero-order valence-electron chi connectivity index (χ0n) is 7.58. The van der Waals surface area contributed by atoms with Gasteiger partial charge >= 0.3 is 0 Å². The second-order valence-electron chi connectivity index (χ2n) is 3.54. The van der Waals surface area contributed by atoms with E-state index in [4.69, 9.17) is 4.74 Å². The van der Waals surface area contributed by atoms with Crippen LogP contribution in [-0.4, -0.2) is 7.11 Å². The lowest BCUT2D eigenvalue weighted by Crippen LogP contribution is -2.04. The third-order valence-electron chi connectivity index (χ3n) is 2.67. The summed E-state index contributed by atoms with van der Waals surface area (Å²) in [5, 5.41) is 0. The predicted octanol–water partition coefficient (Wildman–Crippen LogP) is 2.57. The Morgan fingerprint density at radius 1 is 1.33 bits per heavy atom. The lowest BCUT2D eigenvalue weighted by Gasteiger charge is -2.13. The minimum Gasteiger partial charge on any atom is -0.376 e. The van der Waals surface area contributed by atoms with Crippen LogP contribution >= 0.6 is 0 Å². The minimum absolute atomic E-state index is 0.321. The summed E-state index contributed by atoms with van der Waals surface area (Å²) in [7, 11) is 1.79. The Kier molecular flexibility index (Phi) is 1.89. The highest BCUT2D eigenvalue weighted by Gasteiger charge is 2.28. The second-order valence-corrected chi connectivity index (χ2v) is 3.54. The van der Waals surface area contributed by atoms with Gasteiger partial charge in [0.15, 0.2) is 0 Å². The summed E-state index contributed by atoms with van der Waals surface area (Å²) in [5.41, 5.74) is 2.84. The molecule has 0 aliphatic heterocycles. The fourth-order valence-electron chi connectivity index (χ4n) is 2.12. The van der Waals surface area contributed by atoms with Crippen molar-refractivity contribution < 1.29 is 4.74 Å². The molecule has 0 unspecified atom stereocenters. The number of ether oxygens (including phenoxy) is 1. The summed E-state index contributed by atoms with van der Waals surface area (Å²) >= 11 is 0. The normalized spacial score (nSPS) is 27.2. The number of rotatable bonds is 1. The Labute approximate surface area is 73.4 Å². The third kappa shape index (κ3) is 1.05. The van der Waals surface area contributed by atoms with Crippen molar-refractivity contribution in [3.05, 3.63) is 35.4 Å².